The first-order valence-electron chi connectivity index (χ1n) is 5.23. The van der Waals surface area contributed by atoms with Crippen molar-refractivity contribution in [1.82, 2.24) is 4.90 Å². The highest BCUT2D eigenvalue weighted by atomic mass is 16.5. The van der Waals surface area contributed by atoms with Gasteiger partial charge in [-0.1, -0.05) is 0 Å². The first kappa shape index (κ1) is 11.5. The Kier molecular flexibility index (Phi) is 4.35. The van der Waals surface area contributed by atoms with E-state index < -0.39 is 12.1 Å². The van der Waals surface area contributed by atoms with Crippen LogP contribution in [0.15, 0.2) is 0 Å². The van der Waals surface area contributed by atoms with Gasteiger partial charge in [-0.2, -0.15) is 0 Å². The van der Waals surface area contributed by atoms with Crippen molar-refractivity contribution in [3.8, 4) is 0 Å². The van der Waals surface area contributed by atoms with Gasteiger partial charge >= 0.3 is 5.97 Å². The number of ether oxygens (including phenoxy) is 1. The Balaban J connectivity index is 2.41. The van der Waals surface area contributed by atoms with Crippen molar-refractivity contribution in [3.63, 3.8) is 0 Å². The molecule has 0 aromatic heterocycles. The smallest absolute Gasteiger partial charge is 0.334 e. The molecule has 1 heterocycles. The quantitative estimate of drug-likeness (QED) is 0.719. The highest BCUT2D eigenvalue weighted by Gasteiger charge is 2.26. The molecular weight excluding hydrogens is 182 g/mol. The lowest BCUT2D eigenvalue weighted by Crippen LogP contribution is -2.40. The third kappa shape index (κ3) is 2.96. The maximum absolute atomic E-state index is 10.8. The number of hydrogen-bond donors (Lipinski definition) is 1. The molecule has 0 amide bonds. The molecule has 0 radical (unpaired) electrons. The standard InChI is InChI=1S/C10H19NO3/c1-3-14-9(10(12)13)7-11-6-4-5-8(11)2/h8-9H,3-7H2,1-2H3,(H,12,13). The minimum atomic E-state index is -0.856. The van der Waals surface area contributed by atoms with Crippen LogP contribution < -0.4 is 0 Å². The molecule has 0 bridgehead atoms. The van der Waals surface area contributed by atoms with Crippen LogP contribution in [0.3, 0.4) is 0 Å². The van der Waals surface area contributed by atoms with Crippen LogP contribution in [0.5, 0.6) is 0 Å². The maximum atomic E-state index is 10.8. The van der Waals surface area contributed by atoms with Gasteiger partial charge in [-0.3, -0.25) is 4.90 Å². The van der Waals surface area contributed by atoms with E-state index in [1.54, 1.807) is 0 Å². The van der Waals surface area contributed by atoms with Crippen LogP contribution in [0.1, 0.15) is 26.7 Å². The molecule has 1 aliphatic rings. The van der Waals surface area contributed by atoms with Crippen LogP contribution in [-0.4, -0.2) is 47.8 Å². The van der Waals surface area contributed by atoms with Crippen molar-refractivity contribution < 1.29 is 14.6 Å². The molecule has 0 spiro atoms. The Hall–Kier alpha value is -0.610. The third-order valence-electron chi connectivity index (χ3n) is 2.73. The van der Waals surface area contributed by atoms with Gasteiger partial charge in [-0.25, -0.2) is 4.79 Å². The molecule has 4 heteroatoms. The van der Waals surface area contributed by atoms with Crippen LogP contribution >= 0.6 is 0 Å². The summed E-state index contributed by atoms with van der Waals surface area (Å²) in [5, 5.41) is 8.90. The minimum Gasteiger partial charge on any atom is -0.479 e. The zero-order valence-corrected chi connectivity index (χ0v) is 8.90. The molecule has 4 nitrogen and oxygen atoms in total. The Morgan fingerprint density at radius 3 is 2.86 bits per heavy atom. The van der Waals surface area contributed by atoms with Gasteiger partial charge in [0.1, 0.15) is 0 Å². The van der Waals surface area contributed by atoms with E-state index >= 15 is 0 Å². The molecule has 0 saturated carbocycles. The van der Waals surface area contributed by atoms with Gasteiger partial charge in [0.25, 0.3) is 0 Å². The van der Waals surface area contributed by atoms with E-state index in [0.29, 0.717) is 19.2 Å². The summed E-state index contributed by atoms with van der Waals surface area (Å²) >= 11 is 0. The molecule has 1 fully saturated rings. The van der Waals surface area contributed by atoms with Crippen molar-refractivity contribution in [2.24, 2.45) is 0 Å². The molecule has 0 aromatic carbocycles. The summed E-state index contributed by atoms with van der Waals surface area (Å²) in [6.45, 7) is 5.93. The summed E-state index contributed by atoms with van der Waals surface area (Å²) < 4.78 is 5.17. The molecule has 1 N–H and O–H groups in total. The van der Waals surface area contributed by atoms with Crippen molar-refractivity contribution in [2.45, 2.75) is 38.8 Å². The number of hydrogen-bond acceptors (Lipinski definition) is 3. The average Bonchev–Trinajstić information content (AvgIpc) is 2.51. The van der Waals surface area contributed by atoms with Crippen molar-refractivity contribution in [2.75, 3.05) is 19.7 Å². The molecule has 1 rings (SSSR count). The number of nitrogens with zero attached hydrogens (tertiary/aromatic N) is 1. The van der Waals surface area contributed by atoms with Crippen LogP contribution in [0.2, 0.25) is 0 Å². The summed E-state index contributed by atoms with van der Waals surface area (Å²) in [6, 6.07) is 0.498. The van der Waals surface area contributed by atoms with E-state index in [9.17, 15) is 4.79 Å². The number of carboxylic acids is 1. The predicted octanol–water partition coefficient (Wildman–Crippen LogP) is 0.960. The number of carbonyl (C=O) groups is 1. The zero-order valence-electron chi connectivity index (χ0n) is 8.90. The molecule has 2 unspecified atom stereocenters. The van der Waals surface area contributed by atoms with Crippen LogP contribution in [0.25, 0.3) is 0 Å². The summed E-state index contributed by atoms with van der Waals surface area (Å²) in [7, 11) is 0. The first-order chi connectivity index (χ1) is 6.65. The van der Waals surface area contributed by atoms with Gasteiger partial charge in [0.2, 0.25) is 0 Å². The summed E-state index contributed by atoms with van der Waals surface area (Å²) in [5.41, 5.74) is 0. The summed E-state index contributed by atoms with van der Waals surface area (Å²) in [6.07, 6.45) is 1.67. The molecule has 2 atom stereocenters. The monoisotopic (exact) mass is 201 g/mol. The fourth-order valence-electron chi connectivity index (χ4n) is 1.88. The van der Waals surface area contributed by atoms with E-state index in [-0.39, 0.29) is 0 Å². The zero-order chi connectivity index (χ0) is 10.6. The molecule has 0 aliphatic carbocycles. The summed E-state index contributed by atoms with van der Waals surface area (Å²) in [4.78, 5) is 13.0. The fourth-order valence-corrected chi connectivity index (χ4v) is 1.88. The Morgan fingerprint density at radius 1 is 1.71 bits per heavy atom. The summed E-state index contributed by atoms with van der Waals surface area (Å²) in [5.74, 6) is -0.856. The van der Waals surface area contributed by atoms with Gasteiger partial charge in [-0.05, 0) is 33.2 Å². The Labute approximate surface area is 84.8 Å². The molecular formula is C10H19NO3. The van der Waals surface area contributed by atoms with Crippen molar-refractivity contribution in [3.05, 3.63) is 0 Å². The second-order valence-electron chi connectivity index (χ2n) is 3.77. The van der Waals surface area contributed by atoms with Gasteiger partial charge in [-0.15, -0.1) is 0 Å². The molecule has 14 heavy (non-hydrogen) atoms. The topological polar surface area (TPSA) is 49.8 Å². The normalized spacial score (nSPS) is 25.1. The third-order valence-corrected chi connectivity index (χ3v) is 2.73. The van der Waals surface area contributed by atoms with E-state index in [1.165, 1.54) is 12.8 Å². The van der Waals surface area contributed by atoms with Crippen LogP contribution in [0.4, 0.5) is 0 Å². The van der Waals surface area contributed by atoms with E-state index in [0.717, 1.165) is 6.54 Å². The number of carboxylic acid groups (broad SMARTS) is 1. The van der Waals surface area contributed by atoms with Crippen LogP contribution in [0, 0.1) is 0 Å². The Bertz CT molecular complexity index is 196. The molecule has 1 saturated heterocycles. The average molecular weight is 201 g/mol. The number of rotatable bonds is 5. The molecule has 0 aromatic rings. The highest BCUT2D eigenvalue weighted by molar-refractivity contribution is 5.72. The number of aliphatic carboxylic acids is 1. The van der Waals surface area contributed by atoms with E-state index in [1.807, 2.05) is 6.92 Å². The van der Waals surface area contributed by atoms with E-state index in [4.69, 9.17) is 9.84 Å². The van der Waals surface area contributed by atoms with Gasteiger partial charge < -0.3 is 9.84 Å². The number of likely N-dealkylation sites (tertiary alicyclic amines) is 1. The lowest BCUT2D eigenvalue weighted by atomic mass is 10.2. The molecule has 1 aliphatic heterocycles. The lowest BCUT2D eigenvalue weighted by Gasteiger charge is -2.24. The predicted molar refractivity (Wildman–Crippen MR) is 53.3 cm³/mol. The minimum absolute atomic E-state index is 0.458. The van der Waals surface area contributed by atoms with Crippen LogP contribution in [-0.2, 0) is 9.53 Å². The Morgan fingerprint density at radius 2 is 2.43 bits per heavy atom. The van der Waals surface area contributed by atoms with Gasteiger partial charge in [0.05, 0.1) is 0 Å². The SMILES string of the molecule is CCOC(CN1CCCC1C)C(=O)O. The largest absolute Gasteiger partial charge is 0.479 e. The van der Waals surface area contributed by atoms with Crippen molar-refractivity contribution in [1.29, 1.82) is 0 Å². The first-order valence-corrected chi connectivity index (χ1v) is 5.23. The van der Waals surface area contributed by atoms with Gasteiger partial charge in [0.15, 0.2) is 6.10 Å². The van der Waals surface area contributed by atoms with Crippen molar-refractivity contribution >= 4 is 5.97 Å². The van der Waals surface area contributed by atoms with Gasteiger partial charge in [0, 0.05) is 19.2 Å². The second-order valence-corrected chi connectivity index (χ2v) is 3.77. The maximum Gasteiger partial charge on any atom is 0.334 e. The van der Waals surface area contributed by atoms with E-state index in [2.05, 4.69) is 11.8 Å². The highest BCUT2D eigenvalue weighted by Crippen LogP contribution is 2.16. The second kappa shape index (κ2) is 5.32. The molecule has 82 valence electrons. The fraction of sp³-hybridized carbons (Fsp3) is 0.900. The lowest BCUT2D eigenvalue weighted by molar-refractivity contribution is -0.151.